The van der Waals surface area contributed by atoms with Crippen molar-refractivity contribution in [2.75, 3.05) is 26.7 Å². The SMILES string of the molecule is CCCCc1cc2ccccc2c(OCCN(C)CC(=O)O)n1. The molecule has 2 rings (SSSR count). The highest BCUT2D eigenvalue weighted by Crippen LogP contribution is 2.25. The van der Waals surface area contributed by atoms with Crippen molar-refractivity contribution < 1.29 is 14.6 Å². The van der Waals surface area contributed by atoms with Crippen LogP contribution in [0.3, 0.4) is 0 Å². The third kappa shape index (κ3) is 5.21. The number of ether oxygens (including phenoxy) is 1. The smallest absolute Gasteiger partial charge is 0.317 e. The summed E-state index contributed by atoms with van der Waals surface area (Å²) in [6.07, 6.45) is 3.17. The van der Waals surface area contributed by atoms with Crippen molar-refractivity contribution in [3.8, 4) is 5.88 Å². The molecule has 5 heteroatoms. The fraction of sp³-hybridized carbons (Fsp3) is 0.444. The van der Waals surface area contributed by atoms with Gasteiger partial charge in [-0.3, -0.25) is 9.69 Å². The lowest BCUT2D eigenvalue weighted by atomic mass is 10.1. The number of carbonyl (C=O) groups is 1. The van der Waals surface area contributed by atoms with E-state index in [4.69, 9.17) is 9.84 Å². The molecule has 0 bridgehead atoms. The monoisotopic (exact) mass is 316 g/mol. The summed E-state index contributed by atoms with van der Waals surface area (Å²) in [7, 11) is 1.76. The first-order chi connectivity index (χ1) is 11.1. The van der Waals surface area contributed by atoms with E-state index in [0.29, 0.717) is 19.0 Å². The highest BCUT2D eigenvalue weighted by molar-refractivity contribution is 5.87. The third-order valence-corrected chi connectivity index (χ3v) is 3.66. The predicted octanol–water partition coefficient (Wildman–Crippen LogP) is 2.97. The Morgan fingerprint density at radius 3 is 2.87 bits per heavy atom. The molecule has 2 aromatic rings. The molecule has 124 valence electrons. The molecule has 1 aromatic carbocycles. The van der Waals surface area contributed by atoms with Crippen LogP contribution in [0.1, 0.15) is 25.5 Å². The average molecular weight is 316 g/mol. The van der Waals surface area contributed by atoms with Gasteiger partial charge in [0.1, 0.15) is 6.61 Å². The Bertz CT molecular complexity index is 658. The molecule has 1 heterocycles. The van der Waals surface area contributed by atoms with Gasteiger partial charge in [0.2, 0.25) is 5.88 Å². The van der Waals surface area contributed by atoms with E-state index in [1.54, 1.807) is 11.9 Å². The molecule has 0 fully saturated rings. The van der Waals surface area contributed by atoms with E-state index in [-0.39, 0.29) is 6.54 Å². The van der Waals surface area contributed by atoms with Crippen LogP contribution in [0.25, 0.3) is 10.8 Å². The summed E-state index contributed by atoms with van der Waals surface area (Å²) in [5.41, 5.74) is 1.04. The van der Waals surface area contributed by atoms with Crippen molar-refractivity contribution in [1.82, 2.24) is 9.88 Å². The molecule has 0 saturated heterocycles. The summed E-state index contributed by atoms with van der Waals surface area (Å²) in [5, 5.41) is 10.9. The molecule has 0 radical (unpaired) electrons. The van der Waals surface area contributed by atoms with Gasteiger partial charge in [-0.1, -0.05) is 31.5 Å². The Balaban J connectivity index is 2.09. The molecule has 0 unspecified atom stereocenters. The van der Waals surface area contributed by atoms with E-state index in [9.17, 15) is 4.79 Å². The van der Waals surface area contributed by atoms with Crippen molar-refractivity contribution in [3.63, 3.8) is 0 Å². The molecule has 0 amide bonds. The number of hydrogen-bond acceptors (Lipinski definition) is 4. The van der Waals surface area contributed by atoms with Gasteiger partial charge in [-0.05, 0) is 37.4 Å². The van der Waals surface area contributed by atoms with Gasteiger partial charge in [0.15, 0.2) is 0 Å². The number of fused-ring (bicyclic) bond motifs is 1. The summed E-state index contributed by atoms with van der Waals surface area (Å²) < 4.78 is 5.85. The van der Waals surface area contributed by atoms with Crippen LogP contribution in [0.4, 0.5) is 0 Å². The topological polar surface area (TPSA) is 62.7 Å². The van der Waals surface area contributed by atoms with E-state index in [0.717, 1.165) is 35.7 Å². The van der Waals surface area contributed by atoms with E-state index in [1.807, 2.05) is 18.2 Å². The lowest BCUT2D eigenvalue weighted by Crippen LogP contribution is -2.29. The van der Waals surface area contributed by atoms with Gasteiger partial charge < -0.3 is 9.84 Å². The number of aliphatic carboxylic acids is 1. The summed E-state index contributed by atoms with van der Waals surface area (Å²) in [4.78, 5) is 17.0. The number of hydrogen-bond donors (Lipinski definition) is 1. The summed E-state index contributed by atoms with van der Waals surface area (Å²) in [5.74, 6) is -0.199. The number of rotatable bonds is 9. The fourth-order valence-electron chi connectivity index (χ4n) is 2.42. The number of benzene rings is 1. The first-order valence-corrected chi connectivity index (χ1v) is 8.02. The second-order valence-corrected chi connectivity index (χ2v) is 5.72. The van der Waals surface area contributed by atoms with E-state index < -0.39 is 5.97 Å². The molecule has 1 aromatic heterocycles. The maximum absolute atomic E-state index is 10.7. The Kier molecular flexibility index (Phi) is 6.35. The molecule has 0 saturated carbocycles. The number of aromatic nitrogens is 1. The highest BCUT2D eigenvalue weighted by atomic mass is 16.5. The molecule has 0 aliphatic rings. The number of carboxylic acids is 1. The van der Waals surface area contributed by atoms with Crippen molar-refractivity contribution in [3.05, 3.63) is 36.0 Å². The molecular formula is C18H24N2O3. The summed E-state index contributed by atoms with van der Waals surface area (Å²) >= 11 is 0. The van der Waals surface area contributed by atoms with Crippen LogP contribution in [0.15, 0.2) is 30.3 Å². The van der Waals surface area contributed by atoms with Gasteiger partial charge in [0.05, 0.1) is 6.54 Å². The van der Waals surface area contributed by atoms with E-state index in [1.165, 1.54) is 0 Å². The number of nitrogens with zero attached hydrogens (tertiary/aromatic N) is 2. The van der Waals surface area contributed by atoms with Gasteiger partial charge in [0, 0.05) is 17.6 Å². The Morgan fingerprint density at radius 2 is 2.13 bits per heavy atom. The third-order valence-electron chi connectivity index (χ3n) is 3.66. The molecule has 0 aliphatic carbocycles. The quantitative estimate of drug-likeness (QED) is 0.770. The number of aryl methyl sites for hydroxylation is 1. The van der Waals surface area contributed by atoms with E-state index >= 15 is 0 Å². The normalized spacial score (nSPS) is 11.1. The van der Waals surface area contributed by atoms with Crippen LogP contribution in [-0.4, -0.2) is 47.7 Å². The van der Waals surface area contributed by atoms with Gasteiger partial charge in [-0.25, -0.2) is 4.98 Å². The first kappa shape index (κ1) is 17.2. The number of likely N-dealkylation sites (N-methyl/N-ethyl adjacent to an activating group) is 1. The Morgan fingerprint density at radius 1 is 1.35 bits per heavy atom. The Labute approximate surface area is 136 Å². The fourth-order valence-corrected chi connectivity index (χ4v) is 2.42. The summed E-state index contributed by atoms with van der Waals surface area (Å²) in [6, 6.07) is 10.2. The van der Waals surface area contributed by atoms with Crippen molar-refractivity contribution in [2.45, 2.75) is 26.2 Å². The minimum atomic E-state index is -0.836. The van der Waals surface area contributed by atoms with Crippen LogP contribution in [0.2, 0.25) is 0 Å². The minimum absolute atomic E-state index is 0.00801. The largest absolute Gasteiger partial charge is 0.480 e. The van der Waals surface area contributed by atoms with Crippen molar-refractivity contribution in [1.29, 1.82) is 0 Å². The second-order valence-electron chi connectivity index (χ2n) is 5.72. The second kappa shape index (κ2) is 8.48. The van der Waals surface area contributed by atoms with Gasteiger partial charge in [-0.2, -0.15) is 0 Å². The van der Waals surface area contributed by atoms with E-state index in [2.05, 4.69) is 24.0 Å². The lowest BCUT2D eigenvalue weighted by molar-refractivity contribution is -0.138. The number of unbranched alkanes of at least 4 members (excludes halogenated alkanes) is 1. The average Bonchev–Trinajstić information content (AvgIpc) is 2.52. The maximum atomic E-state index is 10.7. The van der Waals surface area contributed by atoms with Crippen molar-refractivity contribution >= 4 is 16.7 Å². The van der Waals surface area contributed by atoms with Crippen LogP contribution >= 0.6 is 0 Å². The van der Waals surface area contributed by atoms with Gasteiger partial charge in [0.25, 0.3) is 0 Å². The van der Waals surface area contributed by atoms with Crippen LogP contribution in [0.5, 0.6) is 5.88 Å². The number of pyridine rings is 1. The predicted molar refractivity (Wildman–Crippen MR) is 91.0 cm³/mol. The molecule has 1 N–H and O–H groups in total. The van der Waals surface area contributed by atoms with Crippen LogP contribution < -0.4 is 4.74 Å². The molecule has 5 nitrogen and oxygen atoms in total. The Hall–Kier alpha value is -2.14. The van der Waals surface area contributed by atoms with Crippen molar-refractivity contribution in [2.24, 2.45) is 0 Å². The van der Waals surface area contributed by atoms with Crippen LogP contribution in [-0.2, 0) is 11.2 Å². The lowest BCUT2D eigenvalue weighted by Gasteiger charge is -2.15. The molecule has 0 aliphatic heterocycles. The zero-order valence-electron chi connectivity index (χ0n) is 13.8. The van der Waals surface area contributed by atoms with Gasteiger partial charge in [-0.15, -0.1) is 0 Å². The zero-order chi connectivity index (χ0) is 16.7. The molecule has 23 heavy (non-hydrogen) atoms. The maximum Gasteiger partial charge on any atom is 0.317 e. The molecule has 0 atom stereocenters. The zero-order valence-corrected chi connectivity index (χ0v) is 13.8. The number of carboxylic acid groups (broad SMARTS) is 1. The molecule has 0 spiro atoms. The highest BCUT2D eigenvalue weighted by Gasteiger charge is 2.09. The van der Waals surface area contributed by atoms with Gasteiger partial charge >= 0.3 is 5.97 Å². The standard InChI is InChI=1S/C18H24N2O3/c1-3-4-8-15-12-14-7-5-6-9-16(14)18(19-15)23-11-10-20(2)13-17(21)22/h5-7,9,12H,3-4,8,10-11,13H2,1-2H3,(H,21,22). The first-order valence-electron chi connectivity index (χ1n) is 8.02. The molecular weight excluding hydrogens is 292 g/mol. The minimum Gasteiger partial charge on any atom is -0.480 e. The van der Waals surface area contributed by atoms with Crippen LogP contribution in [0, 0.1) is 0 Å². The summed E-state index contributed by atoms with van der Waals surface area (Å²) in [6.45, 7) is 3.13.